The van der Waals surface area contributed by atoms with Crippen LogP contribution in [0, 0.1) is 6.92 Å². The van der Waals surface area contributed by atoms with Crippen molar-refractivity contribution in [3.63, 3.8) is 0 Å². The van der Waals surface area contributed by atoms with Crippen molar-refractivity contribution in [2.75, 3.05) is 53.5 Å². The number of aryl methyl sites for hydroxylation is 1. The van der Waals surface area contributed by atoms with Gasteiger partial charge in [0.2, 0.25) is 0 Å². The summed E-state index contributed by atoms with van der Waals surface area (Å²) in [5, 5.41) is 7.53. The molecule has 0 amide bonds. The highest BCUT2D eigenvalue weighted by Crippen LogP contribution is 2.18. The molecule has 0 atom stereocenters. The van der Waals surface area contributed by atoms with E-state index in [1.807, 2.05) is 44.3 Å². The summed E-state index contributed by atoms with van der Waals surface area (Å²) >= 11 is 0. The van der Waals surface area contributed by atoms with E-state index >= 15 is 0 Å². The van der Waals surface area contributed by atoms with Gasteiger partial charge in [0.25, 0.3) is 0 Å². The van der Waals surface area contributed by atoms with E-state index in [1.165, 1.54) is 0 Å². The van der Waals surface area contributed by atoms with Crippen molar-refractivity contribution >= 4 is 5.96 Å². The number of hydrogen-bond donors (Lipinski definition) is 1. The highest BCUT2D eigenvalue weighted by Gasteiger charge is 2.20. The van der Waals surface area contributed by atoms with Crippen molar-refractivity contribution in [2.24, 2.45) is 4.99 Å². The van der Waals surface area contributed by atoms with Gasteiger partial charge in [-0.25, -0.2) is 0 Å². The Hall–Kier alpha value is -2.74. The Morgan fingerprint density at radius 2 is 2.00 bits per heavy atom. The molecular formula is C21H31N5O3. The van der Waals surface area contributed by atoms with Gasteiger partial charge in [0.1, 0.15) is 17.3 Å². The van der Waals surface area contributed by atoms with Crippen LogP contribution < -0.4 is 14.8 Å². The molecule has 0 bridgehead atoms. The maximum absolute atomic E-state index is 5.79. The molecule has 8 heteroatoms. The molecule has 0 radical (unpaired) electrons. The normalized spacial score (nSPS) is 15.4. The molecule has 0 aliphatic carbocycles. The summed E-state index contributed by atoms with van der Waals surface area (Å²) < 4.78 is 16.2. The largest absolute Gasteiger partial charge is 0.497 e. The zero-order valence-corrected chi connectivity index (χ0v) is 17.6. The van der Waals surface area contributed by atoms with Gasteiger partial charge in [0.05, 0.1) is 19.4 Å². The van der Waals surface area contributed by atoms with Crippen molar-refractivity contribution in [1.82, 2.24) is 20.3 Å². The Balaban J connectivity index is 1.34. The lowest BCUT2D eigenvalue weighted by Crippen LogP contribution is -2.52. The lowest BCUT2D eigenvalue weighted by atomic mass is 10.3. The molecule has 0 spiro atoms. The summed E-state index contributed by atoms with van der Waals surface area (Å²) in [6.45, 7) is 8.05. The van der Waals surface area contributed by atoms with Crippen LogP contribution in [0.25, 0.3) is 0 Å². The van der Waals surface area contributed by atoms with E-state index in [9.17, 15) is 0 Å². The Kier molecular flexibility index (Phi) is 7.75. The fraction of sp³-hybridized carbons (Fsp3) is 0.524. The number of rotatable bonds is 8. The standard InChI is InChI=1S/C21H31N5O3/c1-17-14-18(24-29-17)16-25-9-11-26(12-10-25)21(22-2)23-8-5-13-28-20-7-4-6-19(15-20)27-3/h4,6-7,14-15H,5,8-13,16H2,1-3H3,(H,22,23). The Bertz CT molecular complexity index is 784. The minimum Gasteiger partial charge on any atom is -0.497 e. The summed E-state index contributed by atoms with van der Waals surface area (Å²) in [7, 11) is 3.49. The van der Waals surface area contributed by atoms with Crippen LogP contribution in [0.2, 0.25) is 0 Å². The van der Waals surface area contributed by atoms with E-state index in [4.69, 9.17) is 14.0 Å². The first-order valence-corrected chi connectivity index (χ1v) is 10.0. The number of piperazine rings is 1. The average molecular weight is 402 g/mol. The number of aliphatic imine (C=N–C) groups is 1. The highest BCUT2D eigenvalue weighted by atomic mass is 16.5. The fourth-order valence-electron chi connectivity index (χ4n) is 3.32. The fourth-order valence-corrected chi connectivity index (χ4v) is 3.32. The summed E-state index contributed by atoms with van der Waals surface area (Å²) in [4.78, 5) is 9.12. The van der Waals surface area contributed by atoms with Crippen LogP contribution in [0.3, 0.4) is 0 Å². The van der Waals surface area contributed by atoms with Gasteiger partial charge in [-0.15, -0.1) is 0 Å². The summed E-state index contributed by atoms with van der Waals surface area (Å²) in [6, 6.07) is 9.67. The maximum atomic E-state index is 5.79. The minimum absolute atomic E-state index is 0.641. The van der Waals surface area contributed by atoms with E-state index in [0.29, 0.717) is 6.61 Å². The van der Waals surface area contributed by atoms with Crippen LogP contribution in [0.4, 0.5) is 0 Å². The number of nitrogens with one attached hydrogen (secondary N) is 1. The molecule has 1 aromatic heterocycles. The predicted molar refractivity (Wildman–Crippen MR) is 113 cm³/mol. The molecule has 3 rings (SSSR count). The van der Waals surface area contributed by atoms with Crippen molar-refractivity contribution < 1.29 is 14.0 Å². The molecule has 1 aliphatic rings. The topological polar surface area (TPSA) is 75.4 Å². The molecule has 2 heterocycles. The van der Waals surface area contributed by atoms with E-state index in [1.54, 1.807) is 7.11 Å². The van der Waals surface area contributed by atoms with Crippen molar-refractivity contribution in [1.29, 1.82) is 0 Å². The number of aromatic nitrogens is 1. The van der Waals surface area contributed by atoms with Crippen LogP contribution in [0.5, 0.6) is 11.5 Å². The molecule has 1 fully saturated rings. The molecule has 1 N–H and O–H groups in total. The van der Waals surface area contributed by atoms with Crippen LogP contribution in [-0.4, -0.2) is 74.4 Å². The quantitative estimate of drug-likeness (QED) is 0.413. The monoisotopic (exact) mass is 401 g/mol. The van der Waals surface area contributed by atoms with Gasteiger partial charge in [0, 0.05) is 58.4 Å². The molecule has 8 nitrogen and oxygen atoms in total. The third-order valence-corrected chi connectivity index (χ3v) is 4.86. The average Bonchev–Trinajstić information content (AvgIpc) is 3.16. The lowest BCUT2D eigenvalue weighted by Gasteiger charge is -2.36. The van der Waals surface area contributed by atoms with E-state index in [-0.39, 0.29) is 0 Å². The van der Waals surface area contributed by atoms with Crippen molar-refractivity contribution in [3.8, 4) is 11.5 Å². The zero-order valence-electron chi connectivity index (χ0n) is 17.6. The van der Waals surface area contributed by atoms with Crippen LogP contribution in [-0.2, 0) is 6.54 Å². The van der Waals surface area contributed by atoms with Gasteiger partial charge in [-0.1, -0.05) is 11.2 Å². The third-order valence-electron chi connectivity index (χ3n) is 4.86. The van der Waals surface area contributed by atoms with Gasteiger partial charge >= 0.3 is 0 Å². The second-order valence-corrected chi connectivity index (χ2v) is 7.05. The van der Waals surface area contributed by atoms with Gasteiger partial charge in [-0.05, 0) is 25.5 Å². The van der Waals surface area contributed by atoms with Crippen LogP contribution >= 0.6 is 0 Å². The maximum Gasteiger partial charge on any atom is 0.193 e. The zero-order chi connectivity index (χ0) is 20.5. The SMILES string of the molecule is CN=C(NCCCOc1cccc(OC)c1)N1CCN(Cc2cc(C)on2)CC1. The number of methoxy groups -OCH3 is 1. The Morgan fingerprint density at radius 1 is 1.21 bits per heavy atom. The minimum atomic E-state index is 0.641. The first kappa shape index (κ1) is 21.0. The van der Waals surface area contributed by atoms with Crippen LogP contribution in [0.1, 0.15) is 17.9 Å². The predicted octanol–water partition coefficient (Wildman–Crippen LogP) is 2.15. The van der Waals surface area contributed by atoms with Gasteiger partial charge in [0.15, 0.2) is 5.96 Å². The van der Waals surface area contributed by atoms with E-state index < -0.39 is 0 Å². The number of guanidine groups is 1. The number of ether oxygens (including phenoxy) is 2. The molecule has 2 aromatic rings. The number of benzene rings is 1. The second-order valence-electron chi connectivity index (χ2n) is 7.05. The molecule has 0 unspecified atom stereocenters. The van der Waals surface area contributed by atoms with Gasteiger partial charge < -0.3 is 24.2 Å². The van der Waals surface area contributed by atoms with Crippen molar-refractivity contribution in [3.05, 3.63) is 41.8 Å². The third kappa shape index (κ3) is 6.39. The van der Waals surface area contributed by atoms with Crippen LogP contribution in [0.15, 0.2) is 39.8 Å². The molecule has 1 aliphatic heterocycles. The number of nitrogens with zero attached hydrogens (tertiary/aromatic N) is 4. The summed E-state index contributed by atoms with van der Waals surface area (Å²) in [5.74, 6) is 3.44. The molecule has 158 valence electrons. The summed E-state index contributed by atoms with van der Waals surface area (Å²) in [6.07, 6.45) is 0.891. The second kappa shape index (κ2) is 10.7. The Labute approximate surface area is 172 Å². The first-order valence-electron chi connectivity index (χ1n) is 10.0. The van der Waals surface area contributed by atoms with E-state index in [2.05, 4.69) is 25.3 Å². The first-order chi connectivity index (χ1) is 14.2. The molecule has 0 saturated carbocycles. The molecule has 29 heavy (non-hydrogen) atoms. The Morgan fingerprint density at radius 3 is 2.69 bits per heavy atom. The highest BCUT2D eigenvalue weighted by molar-refractivity contribution is 5.79. The molecule has 1 saturated heterocycles. The number of hydrogen-bond acceptors (Lipinski definition) is 6. The molecule has 1 aromatic carbocycles. The smallest absolute Gasteiger partial charge is 0.193 e. The van der Waals surface area contributed by atoms with Gasteiger partial charge in [-0.3, -0.25) is 9.89 Å². The van der Waals surface area contributed by atoms with E-state index in [0.717, 1.165) is 74.6 Å². The molecular weight excluding hydrogens is 370 g/mol. The van der Waals surface area contributed by atoms with Gasteiger partial charge in [-0.2, -0.15) is 0 Å². The lowest BCUT2D eigenvalue weighted by molar-refractivity contribution is 0.169. The summed E-state index contributed by atoms with van der Waals surface area (Å²) in [5.41, 5.74) is 0.995. The van der Waals surface area contributed by atoms with Crippen molar-refractivity contribution in [2.45, 2.75) is 19.9 Å².